The number of nitrogen functional groups attached to an aromatic ring is 1. The van der Waals surface area contributed by atoms with Crippen LogP contribution in [0.4, 0.5) is 5.69 Å². The number of amides is 1. The largest absolute Gasteiger partial charge is 0.396 e. The molecule has 0 aliphatic heterocycles. The number of aromatic nitrogens is 4. The van der Waals surface area contributed by atoms with E-state index in [0.29, 0.717) is 17.9 Å². The molecular formula is C12H16N6O. The van der Waals surface area contributed by atoms with Gasteiger partial charge in [-0.15, -0.1) is 0 Å². The zero-order valence-corrected chi connectivity index (χ0v) is 10.9. The second-order valence-corrected chi connectivity index (χ2v) is 4.23. The average Bonchev–Trinajstić information content (AvgIpc) is 2.65. The summed E-state index contributed by atoms with van der Waals surface area (Å²) in [6.07, 6.45) is 1.59. The van der Waals surface area contributed by atoms with Crippen molar-refractivity contribution in [2.75, 3.05) is 5.73 Å². The monoisotopic (exact) mass is 260 g/mol. The molecule has 19 heavy (non-hydrogen) atoms. The van der Waals surface area contributed by atoms with Crippen molar-refractivity contribution in [1.29, 1.82) is 0 Å². The zero-order chi connectivity index (χ0) is 13.8. The number of nitrogens with one attached hydrogen (secondary N) is 1. The highest BCUT2D eigenvalue weighted by atomic mass is 16.2. The van der Waals surface area contributed by atoms with Crippen molar-refractivity contribution in [1.82, 2.24) is 25.3 Å². The van der Waals surface area contributed by atoms with Crippen molar-refractivity contribution in [2.24, 2.45) is 0 Å². The molecule has 0 unspecified atom stereocenters. The molecule has 0 aromatic carbocycles. The van der Waals surface area contributed by atoms with E-state index in [0.717, 1.165) is 11.4 Å². The van der Waals surface area contributed by atoms with E-state index in [1.807, 2.05) is 13.8 Å². The number of carbonyl (C=O) groups excluding carboxylic acids is 1. The van der Waals surface area contributed by atoms with E-state index in [-0.39, 0.29) is 12.5 Å². The van der Waals surface area contributed by atoms with Crippen LogP contribution in [0.5, 0.6) is 0 Å². The third-order valence-corrected chi connectivity index (χ3v) is 2.83. The van der Waals surface area contributed by atoms with Crippen molar-refractivity contribution in [2.45, 2.75) is 26.9 Å². The lowest BCUT2D eigenvalue weighted by Crippen LogP contribution is -2.28. The second kappa shape index (κ2) is 5.47. The van der Waals surface area contributed by atoms with Crippen LogP contribution >= 0.6 is 0 Å². The van der Waals surface area contributed by atoms with E-state index in [2.05, 4.69) is 20.6 Å². The van der Waals surface area contributed by atoms with E-state index in [1.54, 1.807) is 23.0 Å². The lowest BCUT2D eigenvalue weighted by molar-refractivity contribution is -0.122. The molecule has 3 N–H and O–H groups in total. The zero-order valence-electron chi connectivity index (χ0n) is 10.9. The Kier molecular flexibility index (Phi) is 3.74. The fraction of sp³-hybridized carbons (Fsp3) is 0.333. The fourth-order valence-corrected chi connectivity index (χ4v) is 1.67. The first-order valence-corrected chi connectivity index (χ1v) is 5.90. The number of hydrogen-bond donors (Lipinski definition) is 2. The number of aryl methyl sites for hydroxylation is 1. The Labute approximate surface area is 110 Å². The smallest absolute Gasteiger partial charge is 0.242 e. The van der Waals surface area contributed by atoms with Crippen molar-refractivity contribution < 1.29 is 4.79 Å². The average molecular weight is 260 g/mol. The SMILES string of the molecule is Cc1nn(CC(=O)NCc2cccnn2)c(C)c1N. The van der Waals surface area contributed by atoms with Gasteiger partial charge >= 0.3 is 0 Å². The highest BCUT2D eigenvalue weighted by Crippen LogP contribution is 2.14. The quantitative estimate of drug-likeness (QED) is 0.817. The first-order valence-electron chi connectivity index (χ1n) is 5.90. The molecule has 2 aromatic rings. The van der Waals surface area contributed by atoms with E-state index in [4.69, 9.17) is 5.73 Å². The van der Waals surface area contributed by atoms with Crippen molar-refractivity contribution in [3.8, 4) is 0 Å². The number of rotatable bonds is 4. The van der Waals surface area contributed by atoms with Crippen LogP contribution in [0.15, 0.2) is 18.3 Å². The third kappa shape index (κ3) is 3.06. The molecule has 7 nitrogen and oxygen atoms in total. The predicted molar refractivity (Wildman–Crippen MR) is 70.0 cm³/mol. The number of nitrogens with zero attached hydrogens (tertiary/aromatic N) is 4. The van der Waals surface area contributed by atoms with Gasteiger partial charge in [0.1, 0.15) is 6.54 Å². The maximum atomic E-state index is 11.8. The lowest BCUT2D eigenvalue weighted by Gasteiger charge is -2.06. The predicted octanol–water partition coefficient (Wildman–Crippen LogP) is 0.189. The normalized spacial score (nSPS) is 10.4. The highest BCUT2D eigenvalue weighted by Gasteiger charge is 2.11. The summed E-state index contributed by atoms with van der Waals surface area (Å²) in [5, 5.41) is 14.6. The van der Waals surface area contributed by atoms with Gasteiger partial charge in [0.25, 0.3) is 0 Å². The molecule has 7 heteroatoms. The number of carbonyl (C=O) groups is 1. The Bertz CT molecular complexity index is 577. The minimum absolute atomic E-state index is 0.142. The van der Waals surface area contributed by atoms with Crippen LogP contribution in [0.1, 0.15) is 17.1 Å². The molecule has 0 bridgehead atoms. The molecule has 2 aromatic heterocycles. The topological polar surface area (TPSA) is 98.7 Å². The summed E-state index contributed by atoms with van der Waals surface area (Å²) in [6.45, 7) is 4.15. The molecule has 0 aliphatic carbocycles. The van der Waals surface area contributed by atoms with Gasteiger partial charge in [-0.05, 0) is 26.0 Å². The minimum atomic E-state index is -0.142. The number of hydrogen-bond acceptors (Lipinski definition) is 5. The maximum absolute atomic E-state index is 11.8. The summed E-state index contributed by atoms with van der Waals surface area (Å²) in [6, 6.07) is 3.57. The summed E-state index contributed by atoms with van der Waals surface area (Å²) >= 11 is 0. The van der Waals surface area contributed by atoms with Crippen LogP contribution in [-0.2, 0) is 17.9 Å². The van der Waals surface area contributed by atoms with E-state index < -0.39 is 0 Å². The van der Waals surface area contributed by atoms with Crippen LogP contribution in [-0.4, -0.2) is 25.9 Å². The van der Waals surface area contributed by atoms with Gasteiger partial charge in [0.2, 0.25) is 5.91 Å². The Morgan fingerprint density at radius 1 is 1.47 bits per heavy atom. The maximum Gasteiger partial charge on any atom is 0.242 e. The van der Waals surface area contributed by atoms with Crippen LogP contribution in [0.2, 0.25) is 0 Å². The summed E-state index contributed by atoms with van der Waals surface area (Å²) < 4.78 is 1.59. The molecule has 1 amide bonds. The second-order valence-electron chi connectivity index (χ2n) is 4.23. The number of anilines is 1. The first kappa shape index (κ1) is 13.0. The lowest BCUT2D eigenvalue weighted by atomic mass is 10.3. The Morgan fingerprint density at radius 2 is 2.26 bits per heavy atom. The van der Waals surface area contributed by atoms with Crippen molar-refractivity contribution in [3.05, 3.63) is 35.4 Å². The summed E-state index contributed by atoms with van der Waals surface area (Å²) in [5.74, 6) is -0.142. The van der Waals surface area contributed by atoms with Crippen molar-refractivity contribution in [3.63, 3.8) is 0 Å². The van der Waals surface area contributed by atoms with Gasteiger partial charge in [0.15, 0.2) is 0 Å². The van der Waals surface area contributed by atoms with E-state index >= 15 is 0 Å². The molecule has 0 atom stereocenters. The van der Waals surface area contributed by atoms with Gasteiger partial charge in [-0.3, -0.25) is 9.48 Å². The highest BCUT2D eigenvalue weighted by molar-refractivity contribution is 5.75. The fourth-order valence-electron chi connectivity index (χ4n) is 1.67. The molecule has 0 radical (unpaired) electrons. The van der Waals surface area contributed by atoms with E-state index in [1.165, 1.54) is 0 Å². The van der Waals surface area contributed by atoms with Crippen molar-refractivity contribution >= 4 is 11.6 Å². The van der Waals surface area contributed by atoms with Crippen LogP contribution in [0, 0.1) is 13.8 Å². The third-order valence-electron chi connectivity index (χ3n) is 2.83. The van der Waals surface area contributed by atoms with Gasteiger partial charge in [-0.25, -0.2) is 0 Å². The molecule has 0 saturated carbocycles. The molecule has 0 aliphatic rings. The Balaban J connectivity index is 1.93. The van der Waals surface area contributed by atoms with Crippen LogP contribution in [0.25, 0.3) is 0 Å². The standard InChI is InChI=1S/C12H16N6O/c1-8-12(13)9(2)18(17-8)7-11(19)14-6-10-4-3-5-15-16-10/h3-5H,6-7,13H2,1-2H3,(H,14,19). The van der Waals surface area contributed by atoms with Crippen LogP contribution < -0.4 is 11.1 Å². The molecule has 0 spiro atoms. The molecule has 2 rings (SSSR count). The van der Waals surface area contributed by atoms with Gasteiger partial charge < -0.3 is 11.1 Å². The van der Waals surface area contributed by atoms with Gasteiger partial charge in [0.05, 0.1) is 29.3 Å². The molecule has 0 saturated heterocycles. The summed E-state index contributed by atoms with van der Waals surface area (Å²) in [4.78, 5) is 11.8. The van der Waals surface area contributed by atoms with Gasteiger partial charge in [-0.1, -0.05) is 0 Å². The summed E-state index contributed by atoms with van der Waals surface area (Å²) in [5.41, 5.74) is 8.68. The van der Waals surface area contributed by atoms with Crippen LogP contribution in [0.3, 0.4) is 0 Å². The minimum Gasteiger partial charge on any atom is -0.396 e. The van der Waals surface area contributed by atoms with Gasteiger partial charge in [-0.2, -0.15) is 15.3 Å². The Morgan fingerprint density at radius 3 is 2.84 bits per heavy atom. The number of nitrogens with two attached hydrogens (primary N) is 1. The molecule has 2 heterocycles. The summed E-state index contributed by atoms with van der Waals surface area (Å²) in [7, 11) is 0. The Hall–Kier alpha value is -2.44. The molecular weight excluding hydrogens is 244 g/mol. The van der Waals surface area contributed by atoms with E-state index in [9.17, 15) is 4.79 Å². The molecule has 100 valence electrons. The molecule has 0 fully saturated rings. The first-order chi connectivity index (χ1) is 9.08. The van der Waals surface area contributed by atoms with Gasteiger partial charge in [0, 0.05) is 6.20 Å².